The topological polar surface area (TPSA) is 36.9 Å². The van der Waals surface area contributed by atoms with Crippen LogP contribution in [0.25, 0.3) is 0 Å². The second-order valence-corrected chi connectivity index (χ2v) is 7.93. The van der Waals surface area contributed by atoms with Gasteiger partial charge >= 0.3 is 0 Å². The summed E-state index contributed by atoms with van der Waals surface area (Å²) in [4.78, 5) is 0. The molecule has 0 saturated heterocycles. The molecule has 2 atom stereocenters. The van der Waals surface area contributed by atoms with Crippen molar-refractivity contribution in [2.45, 2.75) is 64.6 Å². The van der Waals surface area contributed by atoms with Crippen molar-refractivity contribution >= 4 is 0 Å². The Labute approximate surface area is 182 Å². The van der Waals surface area contributed by atoms with Crippen LogP contribution in [0, 0.1) is 0 Å². The molecule has 2 rings (SSSR count). The van der Waals surface area contributed by atoms with E-state index >= 15 is 0 Å². The molecule has 0 aliphatic carbocycles. The summed E-state index contributed by atoms with van der Waals surface area (Å²) in [5, 5.41) is 0. The minimum atomic E-state index is -0.684. The first-order valence-electron chi connectivity index (χ1n) is 11.0. The Morgan fingerprint density at radius 2 is 0.933 bits per heavy atom. The molecule has 0 aliphatic heterocycles. The number of hydrogen-bond acceptors (Lipinski definition) is 4. The van der Waals surface area contributed by atoms with Gasteiger partial charge in [0.1, 0.15) is 22.7 Å². The van der Waals surface area contributed by atoms with E-state index in [0.717, 1.165) is 48.3 Å². The predicted octanol–water partition coefficient (Wildman–Crippen LogP) is 6.47. The second kappa shape index (κ2) is 11.4. The third-order valence-corrected chi connectivity index (χ3v) is 5.97. The Morgan fingerprint density at radius 3 is 1.20 bits per heavy atom. The van der Waals surface area contributed by atoms with Crippen LogP contribution >= 0.6 is 0 Å². The molecule has 0 saturated carbocycles. The van der Waals surface area contributed by atoms with Gasteiger partial charge in [-0.05, 0) is 62.1 Å². The molecule has 0 radical (unpaired) electrons. The number of unbranched alkanes of at least 4 members (excludes halogenated alkanes) is 2. The Bertz CT molecular complexity index is 675. The van der Waals surface area contributed by atoms with Crippen LogP contribution in [-0.2, 0) is 20.7 Å². The molecule has 2 aromatic carbocycles. The number of ether oxygens (including phenoxy) is 4. The molecule has 4 heteroatoms. The maximum atomic E-state index is 6.64. The van der Waals surface area contributed by atoms with Crippen LogP contribution < -0.4 is 9.47 Å². The maximum Gasteiger partial charge on any atom is 0.123 e. The third kappa shape index (κ3) is 5.35. The molecule has 0 aromatic heterocycles. The Balaban J connectivity index is 2.56. The van der Waals surface area contributed by atoms with Crippen LogP contribution in [0.2, 0.25) is 0 Å². The van der Waals surface area contributed by atoms with Crippen LogP contribution in [0.1, 0.15) is 64.5 Å². The van der Waals surface area contributed by atoms with Gasteiger partial charge in [-0.1, -0.05) is 51.0 Å². The molecule has 30 heavy (non-hydrogen) atoms. The van der Waals surface area contributed by atoms with Gasteiger partial charge in [-0.15, -0.1) is 0 Å². The van der Waals surface area contributed by atoms with Crippen molar-refractivity contribution in [1.29, 1.82) is 0 Å². The predicted molar refractivity (Wildman–Crippen MR) is 122 cm³/mol. The summed E-state index contributed by atoms with van der Waals surface area (Å²) in [5.41, 5.74) is 0.761. The average Bonchev–Trinajstić information content (AvgIpc) is 2.79. The van der Waals surface area contributed by atoms with Crippen LogP contribution in [0.5, 0.6) is 11.5 Å². The number of hydrogen-bond donors (Lipinski definition) is 0. The fraction of sp³-hybridized carbons (Fsp3) is 0.538. The molecule has 0 bridgehead atoms. The Hall–Kier alpha value is -2.04. The van der Waals surface area contributed by atoms with E-state index in [1.165, 1.54) is 0 Å². The van der Waals surface area contributed by atoms with Crippen molar-refractivity contribution in [1.82, 2.24) is 0 Å². The zero-order valence-corrected chi connectivity index (χ0v) is 19.5. The van der Waals surface area contributed by atoms with Gasteiger partial charge in [0.05, 0.1) is 14.2 Å². The summed E-state index contributed by atoms with van der Waals surface area (Å²) in [6.07, 6.45) is 4.15. The lowest BCUT2D eigenvalue weighted by Crippen LogP contribution is -2.49. The molecular weight excluding hydrogens is 376 g/mol. The first-order valence-corrected chi connectivity index (χ1v) is 11.0. The van der Waals surface area contributed by atoms with Gasteiger partial charge in [-0.25, -0.2) is 0 Å². The maximum absolute atomic E-state index is 6.64. The van der Waals surface area contributed by atoms with E-state index in [1.807, 2.05) is 24.3 Å². The van der Waals surface area contributed by atoms with E-state index in [1.54, 1.807) is 14.2 Å². The standard InChI is InChI=1S/C26H38O4/c1-7-9-19-29-25(3,21-11-15-23(27-5)16-12-21)26(4,30-20-10-8-2)22-13-17-24(28-6)18-14-22/h11-18H,7-10,19-20H2,1-6H3. The monoisotopic (exact) mass is 414 g/mol. The van der Waals surface area contributed by atoms with Gasteiger partial charge in [0, 0.05) is 13.2 Å². The molecule has 0 amide bonds. The minimum Gasteiger partial charge on any atom is -0.497 e. The molecular formula is C26H38O4. The first kappa shape index (κ1) is 24.2. The van der Waals surface area contributed by atoms with Crippen molar-refractivity contribution in [3.05, 3.63) is 59.7 Å². The summed E-state index contributed by atoms with van der Waals surface area (Å²) >= 11 is 0. The fourth-order valence-electron chi connectivity index (χ4n) is 3.65. The van der Waals surface area contributed by atoms with Crippen LogP contribution in [-0.4, -0.2) is 27.4 Å². The van der Waals surface area contributed by atoms with Gasteiger partial charge in [0.2, 0.25) is 0 Å². The van der Waals surface area contributed by atoms with Crippen molar-refractivity contribution in [2.24, 2.45) is 0 Å². The Morgan fingerprint density at radius 1 is 0.600 bits per heavy atom. The molecule has 0 aliphatic rings. The lowest BCUT2D eigenvalue weighted by molar-refractivity contribution is -0.207. The minimum absolute atomic E-state index is 0.669. The lowest BCUT2D eigenvalue weighted by atomic mass is 9.75. The van der Waals surface area contributed by atoms with E-state index in [-0.39, 0.29) is 0 Å². The first-order chi connectivity index (χ1) is 14.4. The van der Waals surface area contributed by atoms with Crippen LogP contribution in [0.3, 0.4) is 0 Å². The molecule has 0 spiro atoms. The normalized spacial score (nSPS) is 15.3. The molecule has 0 fully saturated rings. The Kier molecular flexibility index (Phi) is 9.19. The quantitative estimate of drug-likeness (QED) is 0.352. The van der Waals surface area contributed by atoms with Gasteiger partial charge in [-0.3, -0.25) is 0 Å². The number of methoxy groups -OCH3 is 2. The highest BCUT2D eigenvalue weighted by Crippen LogP contribution is 2.47. The molecule has 166 valence electrons. The van der Waals surface area contributed by atoms with E-state index in [9.17, 15) is 0 Å². The van der Waals surface area contributed by atoms with Crippen molar-refractivity contribution in [2.75, 3.05) is 27.4 Å². The largest absolute Gasteiger partial charge is 0.497 e. The smallest absolute Gasteiger partial charge is 0.123 e. The van der Waals surface area contributed by atoms with E-state index < -0.39 is 11.2 Å². The molecule has 2 unspecified atom stereocenters. The highest BCUT2D eigenvalue weighted by atomic mass is 16.6. The van der Waals surface area contributed by atoms with Gasteiger partial charge in [-0.2, -0.15) is 0 Å². The summed E-state index contributed by atoms with van der Waals surface area (Å²) in [7, 11) is 3.36. The van der Waals surface area contributed by atoms with Crippen molar-refractivity contribution < 1.29 is 18.9 Å². The fourth-order valence-corrected chi connectivity index (χ4v) is 3.65. The summed E-state index contributed by atoms with van der Waals surface area (Å²) in [6.45, 7) is 9.97. The summed E-state index contributed by atoms with van der Waals surface area (Å²) in [6, 6.07) is 16.2. The van der Waals surface area contributed by atoms with E-state index in [4.69, 9.17) is 18.9 Å². The van der Waals surface area contributed by atoms with Crippen LogP contribution in [0.4, 0.5) is 0 Å². The lowest BCUT2D eigenvalue weighted by Gasteiger charge is -2.47. The number of rotatable bonds is 13. The molecule has 4 nitrogen and oxygen atoms in total. The highest BCUT2D eigenvalue weighted by Gasteiger charge is 2.49. The van der Waals surface area contributed by atoms with E-state index in [2.05, 4.69) is 52.0 Å². The zero-order valence-electron chi connectivity index (χ0n) is 19.5. The average molecular weight is 415 g/mol. The molecule has 0 N–H and O–H groups in total. The third-order valence-electron chi connectivity index (χ3n) is 5.97. The van der Waals surface area contributed by atoms with Gasteiger partial charge in [0.15, 0.2) is 0 Å². The SMILES string of the molecule is CCCCOC(C)(c1ccc(OC)cc1)C(C)(OCCCC)c1ccc(OC)cc1. The number of benzene rings is 2. The van der Waals surface area contributed by atoms with Gasteiger partial charge in [0.25, 0.3) is 0 Å². The van der Waals surface area contributed by atoms with Gasteiger partial charge < -0.3 is 18.9 Å². The molecule has 2 aromatic rings. The van der Waals surface area contributed by atoms with Crippen molar-refractivity contribution in [3.8, 4) is 11.5 Å². The second-order valence-electron chi connectivity index (χ2n) is 7.93. The summed E-state index contributed by atoms with van der Waals surface area (Å²) in [5.74, 6) is 1.65. The van der Waals surface area contributed by atoms with Crippen molar-refractivity contribution in [3.63, 3.8) is 0 Å². The van der Waals surface area contributed by atoms with Crippen LogP contribution in [0.15, 0.2) is 48.5 Å². The van der Waals surface area contributed by atoms with E-state index in [0.29, 0.717) is 13.2 Å². The molecule has 0 heterocycles. The highest BCUT2D eigenvalue weighted by molar-refractivity contribution is 5.38. The summed E-state index contributed by atoms with van der Waals surface area (Å²) < 4.78 is 24.0. The zero-order chi connectivity index (χ0) is 22.0.